The first kappa shape index (κ1) is 15.0. The maximum atomic E-state index is 13.8. The minimum absolute atomic E-state index is 0.113. The maximum Gasteiger partial charge on any atom is 0.165 e. The lowest BCUT2D eigenvalue weighted by Gasteiger charge is -2.32. The van der Waals surface area contributed by atoms with Gasteiger partial charge < -0.3 is 15.4 Å². The van der Waals surface area contributed by atoms with Crippen LogP contribution in [0, 0.1) is 12.7 Å². The fourth-order valence-corrected chi connectivity index (χ4v) is 2.83. The summed E-state index contributed by atoms with van der Waals surface area (Å²) in [7, 11) is 1.48. The summed E-state index contributed by atoms with van der Waals surface area (Å²) in [6.45, 7) is 3.68. The fourth-order valence-electron chi connectivity index (χ4n) is 2.83. The Balaban J connectivity index is 1.66. The highest BCUT2D eigenvalue weighted by Gasteiger charge is 2.22. The Labute approximate surface area is 130 Å². The van der Waals surface area contributed by atoms with Crippen molar-refractivity contribution in [3.63, 3.8) is 0 Å². The quantitative estimate of drug-likeness (QED) is 0.914. The molecule has 0 aliphatic carbocycles. The molecule has 116 valence electrons. The molecule has 0 amide bonds. The standard InChI is InChI=1S/C18H21FN2O/c1-12-3-5-13(6-4-12)16-10-21-17(11-20-16)14-7-8-18(22-2)15(19)9-14/h3-9,16-17,20-21H,10-11H2,1-2H3. The van der Waals surface area contributed by atoms with Crippen LogP contribution in [0.15, 0.2) is 42.5 Å². The first-order chi connectivity index (χ1) is 10.7. The van der Waals surface area contributed by atoms with Crippen LogP contribution >= 0.6 is 0 Å². The van der Waals surface area contributed by atoms with Crippen molar-refractivity contribution in [2.24, 2.45) is 0 Å². The third-order valence-electron chi connectivity index (χ3n) is 4.19. The number of hydrogen-bond acceptors (Lipinski definition) is 3. The zero-order valence-corrected chi connectivity index (χ0v) is 12.9. The number of piperazine rings is 1. The molecule has 1 aliphatic heterocycles. The monoisotopic (exact) mass is 300 g/mol. The number of halogens is 1. The largest absolute Gasteiger partial charge is 0.494 e. The fraction of sp³-hybridized carbons (Fsp3) is 0.333. The van der Waals surface area contributed by atoms with Gasteiger partial charge in [-0.1, -0.05) is 35.9 Å². The summed E-state index contributed by atoms with van der Waals surface area (Å²) in [4.78, 5) is 0. The van der Waals surface area contributed by atoms with Gasteiger partial charge in [0.25, 0.3) is 0 Å². The van der Waals surface area contributed by atoms with Crippen LogP contribution < -0.4 is 15.4 Å². The van der Waals surface area contributed by atoms with Crippen molar-refractivity contribution in [1.29, 1.82) is 0 Å². The second kappa shape index (κ2) is 6.46. The summed E-state index contributed by atoms with van der Waals surface area (Å²) >= 11 is 0. The van der Waals surface area contributed by atoms with E-state index in [1.807, 2.05) is 6.07 Å². The lowest BCUT2D eigenvalue weighted by molar-refractivity contribution is 0.353. The minimum Gasteiger partial charge on any atom is -0.494 e. The average molecular weight is 300 g/mol. The Morgan fingerprint density at radius 3 is 2.09 bits per heavy atom. The topological polar surface area (TPSA) is 33.3 Å². The number of benzene rings is 2. The molecule has 0 spiro atoms. The molecular formula is C18H21FN2O. The highest BCUT2D eigenvalue weighted by Crippen LogP contribution is 2.25. The van der Waals surface area contributed by atoms with Crippen LogP contribution in [0.3, 0.4) is 0 Å². The van der Waals surface area contributed by atoms with Crippen molar-refractivity contribution < 1.29 is 9.13 Å². The molecule has 1 saturated heterocycles. The molecule has 4 heteroatoms. The van der Waals surface area contributed by atoms with E-state index in [1.165, 1.54) is 18.2 Å². The summed E-state index contributed by atoms with van der Waals surface area (Å²) in [5.41, 5.74) is 3.48. The van der Waals surface area contributed by atoms with E-state index >= 15 is 0 Å². The van der Waals surface area contributed by atoms with Gasteiger partial charge in [-0.25, -0.2) is 4.39 Å². The third-order valence-corrected chi connectivity index (χ3v) is 4.19. The van der Waals surface area contributed by atoms with Gasteiger partial charge in [-0.05, 0) is 30.2 Å². The van der Waals surface area contributed by atoms with Crippen LogP contribution in [0.5, 0.6) is 5.75 Å². The molecular weight excluding hydrogens is 279 g/mol. The molecule has 1 aliphatic rings. The molecule has 3 nitrogen and oxygen atoms in total. The molecule has 2 N–H and O–H groups in total. The van der Waals surface area contributed by atoms with E-state index in [9.17, 15) is 4.39 Å². The summed E-state index contributed by atoms with van der Waals surface area (Å²) in [6, 6.07) is 14.1. The second-order valence-electron chi connectivity index (χ2n) is 5.73. The number of aryl methyl sites for hydroxylation is 1. The smallest absolute Gasteiger partial charge is 0.165 e. The van der Waals surface area contributed by atoms with E-state index < -0.39 is 0 Å². The number of ether oxygens (including phenoxy) is 1. The van der Waals surface area contributed by atoms with Crippen LogP contribution in [0.25, 0.3) is 0 Å². The highest BCUT2D eigenvalue weighted by atomic mass is 19.1. The third kappa shape index (κ3) is 3.13. The molecule has 3 rings (SSSR count). The van der Waals surface area contributed by atoms with Crippen molar-refractivity contribution in [3.8, 4) is 5.75 Å². The molecule has 0 aromatic heterocycles. The number of methoxy groups -OCH3 is 1. The lowest BCUT2D eigenvalue weighted by atomic mass is 9.99. The molecule has 2 unspecified atom stereocenters. The van der Waals surface area contributed by atoms with Gasteiger partial charge >= 0.3 is 0 Å². The summed E-state index contributed by atoms with van der Waals surface area (Å²) in [5.74, 6) is -0.0347. The Bertz CT molecular complexity index is 634. The number of hydrogen-bond donors (Lipinski definition) is 2. The zero-order chi connectivity index (χ0) is 15.5. The van der Waals surface area contributed by atoms with Crippen molar-refractivity contribution in [1.82, 2.24) is 10.6 Å². The van der Waals surface area contributed by atoms with Crippen molar-refractivity contribution in [3.05, 3.63) is 65.0 Å². The van der Waals surface area contributed by atoms with Crippen LogP contribution in [0.1, 0.15) is 28.8 Å². The summed E-state index contributed by atoms with van der Waals surface area (Å²) in [6.07, 6.45) is 0. The minimum atomic E-state index is -0.317. The number of rotatable bonds is 3. The van der Waals surface area contributed by atoms with Crippen LogP contribution in [0.4, 0.5) is 4.39 Å². The second-order valence-corrected chi connectivity index (χ2v) is 5.73. The van der Waals surface area contributed by atoms with E-state index in [2.05, 4.69) is 41.8 Å². The van der Waals surface area contributed by atoms with E-state index in [0.717, 1.165) is 18.7 Å². The first-order valence-electron chi connectivity index (χ1n) is 7.54. The van der Waals surface area contributed by atoms with Gasteiger partial charge in [-0.15, -0.1) is 0 Å². The van der Waals surface area contributed by atoms with Gasteiger partial charge in [-0.2, -0.15) is 0 Å². The van der Waals surface area contributed by atoms with Gasteiger partial charge in [0.05, 0.1) is 7.11 Å². The zero-order valence-electron chi connectivity index (χ0n) is 12.9. The number of nitrogens with one attached hydrogen (secondary N) is 2. The molecule has 2 aromatic carbocycles. The highest BCUT2D eigenvalue weighted by molar-refractivity contribution is 5.32. The molecule has 0 radical (unpaired) electrons. The molecule has 0 bridgehead atoms. The average Bonchev–Trinajstić information content (AvgIpc) is 2.56. The van der Waals surface area contributed by atoms with Gasteiger partial charge in [0.15, 0.2) is 11.6 Å². The molecule has 2 aromatic rings. The van der Waals surface area contributed by atoms with Crippen molar-refractivity contribution in [2.45, 2.75) is 19.0 Å². The van der Waals surface area contributed by atoms with Gasteiger partial charge in [0.1, 0.15) is 0 Å². The van der Waals surface area contributed by atoms with Crippen LogP contribution in [-0.2, 0) is 0 Å². The summed E-state index contributed by atoms with van der Waals surface area (Å²) in [5, 5.41) is 7.03. The van der Waals surface area contributed by atoms with E-state index in [1.54, 1.807) is 12.1 Å². The van der Waals surface area contributed by atoms with Gasteiger partial charge in [0.2, 0.25) is 0 Å². The van der Waals surface area contributed by atoms with E-state index in [-0.39, 0.29) is 17.6 Å². The summed E-state index contributed by atoms with van der Waals surface area (Å²) < 4.78 is 18.8. The molecule has 2 atom stereocenters. The maximum absolute atomic E-state index is 13.8. The van der Waals surface area contributed by atoms with Crippen molar-refractivity contribution >= 4 is 0 Å². The SMILES string of the molecule is COc1ccc(C2CNC(c3ccc(C)cc3)CN2)cc1F. The van der Waals surface area contributed by atoms with Crippen molar-refractivity contribution in [2.75, 3.05) is 20.2 Å². The predicted octanol–water partition coefficient (Wildman–Crippen LogP) is 3.12. The molecule has 1 fully saturated rings. The Hall–Kier alpha value is -1.91. The predicted molar refractivity (Wildman–Crippen MR) is 85.6 cm³/mol. The Kier molecular flexibility index (Phi) is 4.41. The van der Waals surface area contributed by atoms with Crippen LogP contribution in [-0.4, -0.2) is 20.2 Å². The first-order valence-corrected chi connectivity index (χ1v) is 7.54. The van der Waals surface area contributed by atoms with Crippen LogP contribution in [0.2, 0.25) is 0 Å². The van der Waals surface area contributed by atoms with E-state index in [0.29, 0.717) is 6.04 Å². The molecule has 22 heavy (non-hydrogen) atoms. The van der Waals surface area contributed by atoms with Gasteiger partial charge in [0, 0.05) is 25.2 Å². The normalized spacial score (nSPS) is 21.6. The lowest BCUT2D eigenvalue weighted by Crippen LogP contribution is -2.45. The Morgan fingerprint density at radius 2 is 1.55 bits per heavy atom. The Morgan fingerprint density at radius 1 is 0.955 bits per heavy atom. The van der Waals surface area contributed by atoms with E-state index in [4.69, 9.17) is 4.74 Å². The molecule has 1 heterocycles. The van der Waals surface area contributed by atoms with Gasteiger partial charge in [-0.3, -0.25) is 0 Å². The molecule has 0 saturated carbocycles.